The van der Waals surface area contributed by atoms with Gasteiger partial charge in [-0.2, -0.15) is 11.8 Å². The molecular weight excluding hydrogens is 264 g/mol. The van der Waals surface area contributed by atoms with Gasteiger partial charge in [0, 0.05) is 34.7 Å². The van der Waals surface area contributed by atoms with Crippen LogP contribution in [0.2, 0.25) is 0 Å². The van der Waals surface area contributed by atoms with Crippen molar-refractivity contribution in [3.8, 4) is 0 Å². The third-order valence-corrected chi connectivity index (χ3v) is 5.61. The fourth-order valence-corrected chi connectivity index (χ4v) is 3.94. The van der Waals surface area contributed by atoms with Crippen LogP contribution in [0.4, 0.5) is 5.69 Å². The first-order chi connectivity index (χ1) is 9.28. The average molecular weight is 292 g/mol. The van der Waals surface area contributed by atoms with Crippen LogP contribution in [0.25, 0.3) is 0 Å². The summed E-state index contributed by atoms with van der Waals surface area (Å²) in [6.45, 7) is 12.9. The molecule has 1 aliphatic rings. The number of rotatable bonds is 3. The number of nitrogens with two attached hydrogens (primary N) is 1. The van der Waals surface area contributed by atoms with Gasteiger partial charge in [-0.25, -0.2) is 0 Å². The predicted molar refractivity (Wildman–Crippen MR) is 91.5 cm³/mol. The minimum Gasteiger partial charge on any atom is -0.399 e. The van der Waals surface area contributed by atoms with E-state index in [2.05, 4.69) is 56.5 Å². The second kappa shape index (κ2) is 5.98. The Balaban J connectivity index is 2.02. The maximum Gasteiger partial charge on any atom is 0.0314 e. The lowest BCUT2D eigenvalue weighted by molar-refractivity contribution is 0.232. The quantitative estimate of drug-likeness (QED) is 0.860. The van der Waals surface area contributed by atoms with E-state index in [-0.39, 0.29) is 5.41 Å². The third-order valence-electron chi connectivity index (χ3n) is 4.24. The zero-order chi connectivity index (χ0) is 14.8. The summed E-state index contributed by atoms with van der Waals surface area (Å²) in [6, 6.07) is 8.37. The Kier molecular flexibility index (Phi) is 4.70. The molecule has 0 atom stereocenters. The van der Waals surface area contributed by atoms with Crippen molar-refractivity contribution in [2.75, 3.05) is 31.1 Å². The number of thioether (sulfide) groups is 1. The Bertz CT molecular complexity index is 437. The molecule has 1 aliphatic heterocycles. The molecule has 20 heavy (non-hydrogen) atoms. The molecule has 1 fully saturated rings. The van der Waals surface area contributed by atoms with Gasteiger partial charge in [-0.3, -0.25) is 0 Å². The summed E-state index contributed by atoms with van der Waals surface area (Å²) in [6.07, 6.45) is 1.27. The monoisotopic (exact) mass is 292 g/mol. The number of hydrogen-bond donors (Lipinski definition) is 1. The lowest BCUT2D eigenvalue weighted by Gasteiger charge is -2.32. The maximum absolute atomic E-state index is 5.79. The van der Waals surface area contributed by atoms with Crippen molar-refractivity contribution in [2.45, 2.75) is 44.3 Å². The summed E-state index contributed by atoms with van der Waals surface area (Å²) >= 11 is 2.11. The van der Waals surface area contributed by atoms with E-state index in [9.17, 15) is 0 Å². The largest absolute Gasteiger partial charge is 0.399 e. The highest BCUT2D eigenvalue weighted by molar-refractivity contribution is 8.00. The van der Waals surface area contributed by atoms with Crippen LogP contribution >= 0.6 is 11.8 Å². The molecule has 0 saturated carbocycles. The minimum atomic E-state index is 0.173. The Labute approximate surface area is 128 Å². The van der Waals surface area contributed by atoms with Crippen LogP contribution in [0.5, 0.6) is 0 Å². The van der Waals surface area contributed by atoms with Gasteiger partial charge in [0.25, 0.3) is 0 Å². The number of anilines is 1. The summed E-state index contributed by atoms with van der Waals surface area (Å²) in [5.41, 5.74) is 8.19. The van der Waals surface area contributed by atoms with Crippen LogP contribution in [0, 0.1) is 0 Å². The van der Waals surface area contributed by atoms with Crippen molar-refractivity contribution in [3.63, 3.8) is 0 Å². The summed E-state index contributed by atoms with van der Waals surface area (Å²) in [5.74, 6) is 1.24. The number of nitrogen functional groups attached to an aromatic ring is 1. The minimum absolute atomic E-state index is 0.173. The first kappa shape index (κ1) is 15.7. The predicted octanol–water partition coefficient (Wildman–Crippen LogP) is 3.76. The number of nitrogens with zero attached hydrogens (tertiary/aromatic N) is 1. The molecule has 0 aliphatic carbocycles. The molecule has 0 aromatic heterocycles. The van der Waals surface area contributed by atoms with Crippen molar-refractivity contribution < 1.29 is 0 Å². The van der Waals surface area contributed by atoms with Gasteiger partial charge in [0.2, 0.25) is 0 Å². The van der Waals surface area contributed by atoms with Gasteiger partial charge in [-0.05, 0) is 30.7 Å². The summed E-state index contributed by atoms with van der Waals surface area (Å²) in [4.78, 5) is 2.62. The van der Waals surface area contributed by atoms with E-state index < -0.39 is 0 Å². The van der Waals surface area contributed by atoms with Gasteiger partial charge in [0.05, 0.1) is 0 Å². The van der Waals surface area contributed by atoms with E-state index in [1.807, 2.05) is 12.1 Å². The van der Waals surface area contributed by atoms with E-state index in [1.54, 1.807) is 0 Å². The molecule has 0 bridgehead atoms. The highest BCUT2D eigenvalue weighted by Crippen LogP contribution is 2.32. The van der Waals surface area contributed by atoms with E-state index in [0.29, 0.717) is 4.75 Å². The van der Waals surface area contributed by atoms with E-state index in [1.165, 1.54) is 30.8 Å². The molecule has 112 valence electrons. The summed E-state index contributed by atoms with van der Waals surface area (Å²) in [7, 11) is 0. The van der Waals surface area contributed by atoms with Crippen molar-refractivity contribution in [1.82, 2.24) is 4.90 Å². The molecule has 2 rings (SSSR count). The third kappa shape index (κ3) is 4.16. The summed E-state index contributed by atoms with van der Waals surface area (Å²) < 4.78 is 0.431. The van der Waals surface area contributed by atoms with Crippen LogP contribution in [-0.2, 0) is 5.41 Å². The zero-order valence-corrected chi connectivity index (χ0v) is 14.1. The van der Waals surface area contributed by atoms with Crippen LogP contribution < -0.4 is 5.73 Å². The van der Waals surface area contributed by atoms with Crippen molar-refractivity contribution in [2.24, 2.45) is 0 Å². The van der Waals surface area contributed by atoms with Gasteiger partial charge in [0.15, 0.2) is 0 Å². The SMILES string of the molecule is CC1(C)CCN(CC(C)(C)c2ccc(N)cc2)CCS1. The first-order valence-electron chi connectivity index (χ1n) is 7.51. The molecule has 2 N–H and O–H groups in total. The lowest BCUT2D eigenvalue weighted by atomic mass is 9.84. The Morgan fingerprint density at radius 1 is 1.20 bits per heavy atom. The molecular formula is C17H28N2S. The molecule has 0 unspecified atom stereocenters. The second-order valence-corrected chi connectivity index (χ2v) is 8.94. The molecule has 1 aromatic carbocycles. The molecule has 1 heterocycles. The molecule has 2 nitrogen and oxygen atoms in total. The van der Waals surface area contributed by atoms with Crippen molar-refractivity contribution in [1.29, 1.82) is 0 Å². The van der Waals surface area contributed by atoms with Crippen LogP contribution in [0.15, 0.2) is 24.3 Å². The Morgan fingerprint density at radius 2 is 1.85 bits per heavy atom. The normalized spacial score (nSPS) is 20.6. The van der Waals surface area contributed by atoms with Crippen molar-refractivity contribution in [3.05, 3.63) is 29.8 Å². The fraction of sp³-hybridized carbons (Fsp3) is 0.647. The highest BCUT2D eigenvalue weighted by atomic mass is 32.2. The molecule has 0 spiro atoms. The Hall–Kier alpha value is -0.670. The molecule has 1 saturated heterocycles. The van der Waals surface area contributed by atoms with Crippen molar-refractivity contribution >= 4 is 17.4 Å². The van der Waals surface area contributed by atoms with E-state index in [4.69, 9.17) is 5.73 Å². The van der Waals surface area contributed by atoms with Gasteiger partial charge in [-0.1, -0.05) is 39.8 Å². The highest BCUT2D eigenvalue weighted by Gasteiger charge is 2.28. The van der Waals surface area contributed by atoms with Crippen LogP contribution in [0.3, 0.4) is 0 Å². The smallest absolute Gasteiger partial charge is 0.0314 e. The van der Waals surface area contributed by atoms with Crippen LogP contribution in [0.1, 0.15) is 39.7 Å². The first-order valence-corrected chi connectivity index (χ1v) is 8.49. The zero-order valence-electron chi connectivity index (χ0n) is 13.3. The molecule has 3 heteroatoms. The van der Waals surface area contributed by atoms with Crippen LogP contribution in [-0.4, -0.2) is 35.0 Å². The number of benzene rings is 1. The standard InChI is InChI=1S/C17H28N2S/c1-16(2,14-5-7-15(18)8-6-14)13-19-10-9-17(3,4)20-12-11-19/h5-8H,9-13,18H2,1-4H3. The molecule has 0 amide bonds. The maximum atomic E-state index is 5.79. The lowest BCUT2D eigenvalue weighted by Crippen LogP contribution is -2.38. The van der Waals surface area contributed by atoms with Gasteiger partial charge in [-0.15, -0.1) is 0 Å². The number of hydrogen-bond acceptors (Lipinski definition) is 3. The summed E-state index contributed by atoms with van der Waals surface area (Å²) in [5, 5.41) is 0. The molecule has 0 radical (unpaired) electrons. The second-order valence-electron chi connectivity index (χ2n) is 7.14. The van der Waals surface area contributed by atoms with Gasteiger partial charge in [0.1, 0.15) is 0 Å². The average Bonchev–Trinajstić information content (AvgIpc) is 2.51. The van der Waals surface area contributed by atoms with E-state index >= 15 is 0 Å². The fourth-order valence-electron chi connectivity index (χ4n) is 2.81. The Morgan fingerprint density at radius 3 is 2.50 bits per heavy atom. The van der Waals surface area contributed by atoms with Gasteiger partial charge < -0.3 is 10.6 Å². The van der Waals surface area contributed by atoms with E-state index in [0.717, 1.165) is 12.2 Å². The topological polar surface area (TPSA) is 29.3 Å². The molecule has 1 aromatic rings. The van der Waals surface area contributed by atoms with Gasteiger partial charge >= 0.3 is 0 Å².